The van der Waals surface area contributed by atoms with Crippen molar-refractivity contribution in [1.82, 2.24) is 0 Å². The molecule has 1 atom stereocenters. The molecule has 0 fully saturated rings. The minimum atomic E-state index is -5.84. The van der Waals surface area contributed by atoms with Gasteiger partial charge in [-0.05, 0) is 27.6 Å². The third-order valence-electron chi connectivity index (χ3n) is 2.29. The maximum Gasteiger partial charge on any atom is 0.455 e. The van der Waals surface area contributed by atoms with E-state index in [0.29, 0.717) is 6.07 Å². The van der Waals surface area contributed by atoms with Gasteiger partial charge in [-0.2, -0.15) is 22.0 Å². The molecular formula is C9H7BrClF5N2O2. The van der Waals surface area contributed by atoms with Crippen molar-refractivity contribution in [3.63, 3.8) is 0 Å². The number of alkyl halides is 5. The Morgan fingerprint density at radius 1 is 1.25 bits per heavy atom. The number of halogens is 7. The van der Waals surface area contributed by atoms with Crippen molar-refractivity contribution in [2.75, 3.05) is 0 Å². The molecule has 0 heterocycles. The summed E-state index contributed by atoms with van der Waals surface area (Å²) in [6, 6.07) is -0.297. The third-order valence-corrected chi connectivity index (χ3v) is 2.97. The van der Waals surface area contributed by atoms with E-state index < -0.39 is 34.3 Å². The summed E-state index contributed by atoms with van der Waals surface area (Å²) >= 11 is 2.78. The first kappa shape index (κ1) is 19.0. The van der Waals surface area contributed by atoms with Gasteiger partial charge in [-0.15, -0.1) is 12.4 Å². The minimum absolute atomic E-state index is 0. The molecular weight excluding hydrogens is 378 g/mol. The van der Waals surface area contributed by atoms with Crippen LogP contribution in [-0.4, -0.2) is 17.0 Å². The van der Waals surface area contributed by atoms with E-state index in [1.165, 1.54) is 0 Å². The predicted octanol–water partition coefficient (Wildman–Crippen LogP) is 3.98. The van der Waals surface area contributed by atoms with Gasteiger partial charge in [0.15, 0.2) is 0 Å². The molecule has 0 aliphatic rings. The number of benzene rings is 1. The second kappa shape index (κ2) is 6.19. The molecule has 1 rings (SSSR count). The van der Waals surface area contributed by atoms with Crippen LogP contribution in [0, 0.1) is 10.1 Å². The fraction of sp³-hybridized carbons (Fsp3) is 0.333. The summed E-state index contributed by atoms with van der Waals surface area (Å²) in [4.78, 5) is 9.64. The molecule has 0 amide bonds. The molecule has 0 saturated heterocycles. The first-order valence-corrected chi connectivity index (χ1v) is 5.41. The van der Waals surface area contributed by atoms with E-state index in [0.717, 1.165) is 12.1 Å². The Hall–Kier alpha value is -1.00. The van der Waals surface area contributed by atoms with Gasteiger partial charge in [0.25, 0.3) is 5.69 Å². The van der Waals surface area contributed by atoms with Crippen LogP contribution in [0.2, 0.25) is 0 Å². The van der Waals surface area contributed by atoms with Crippen molar-refractivity contribution in [1.29, 1.82) is 0 Å². The summed E-state index contributed by atoms with van der Waals surface area (Å²) in [7, 11) is 0. The molecule has 11 heteroatoms. The van der Waals surface area contributed by atoms with Crippen molar-refractivity contribution in [3.05, 3.63) is 38.3 Å². The van der Waals surface area contributed by atoms with Crippen molar-refractivity contribution in [2.24, 2.45) is 5.73 Å². The molecule has 114 valence electrons. The molecule has 0 aliphatic heterocycles. The van der Waals surface area contributed by atoms with E-state index in [1.54, 1.807) is 0 Å². The summed E-state index contributed by atoms with van der Waals surface area (Å²) in [5.41, 5.74) is 3.54. The van der Waals surface area contributed by atoms with Gasteiger partial charge in [0.1, 0.15) is 6.04 Å². The zero-order chi connectivity index (χ0) is 15.0. The van der Waals surface area contributed by atoms with Crippen LogP contribution in [0.25, 0.3) is 0 Å². The molecule has 0 spiro atoms. The van der Waals surface area contributed by atoms with Crippen molar-refractivity contribution < 1.29 is 26.9 Å². The van der Waals surface area contributed by atoms with Gasteiger partial charge in [0.05, 0.1) is 9.40 Å². The maximum absolute atomic E-state index is 13.0. The fourth-order valence-electron chi connectivity index (χ4n) is 1.25. The third kappa shape index (κ3) is 3.55. The Bertz CT molecular complexity index is 512. The van der Waals surface area contributed by atoms with E-state index in [1.807, 2.05) is 0 Å². The Morgan fingerprint density at radius 2 is 1.75 bits per heavy atom. The number of nitrogens with zero attached hydrogens (tertiary/aromatic N) is 1. The normalized spacial score (nSPS) is 13.6. The van der Waals surface area contributed by atoms with Gasteiger partial charge < -0.3 is 5.73 Å². The van der Waals surface area contributed by atoms with Crippen molar-refractivity contribution in [2.45, 2.75) is 18.1 Å². The van der Waals surface area contributed by atoms with Crippen LogP contribution in [0.1, 0.15) is 11.6 Å². The summed E-state index contributed by atoms with van der Waals surface area (Å²) in [6.07, 6.45) is -5.84. The lowest BCUT2D eigenvalue weighted by Crippen LogP contribution is -2.45. The largest absolute Gasteiger partial charge is 0.455 e. The lowest BCUT2D eigenvalue weighted by atomic mass is 10.0. The SMILES string of the molecule is Cl.N[C@H](c1ccc(Br)c([N+](=O)[O-])c1)C(F)(F)C(F)(F)F. The van der Waals surface area contributed by atoms with Crippen molar-refractivity contribution in [3.8, 4) is 0 Å². The molecule has 0 saturated carbocycles. The van der Waals surface area contributed by atoms with E-state index in [4.69, 9.17) is 5.73 Å². The van der Waals surface area contributed by atoms with Crippen LogP contribution in [-0.2, 0) is 0 Å². The van der Waals surface area contributed by atoms with Crippen LogP contribution in [0.5, 0.6) is 0 Å². The molecule has 4 nitrogen and oxygen atoms in total. The smallest absolute Gasteiger partial charge is 0.319 e. The Morgan fingerprint density at radius 3 is 2.15 bits per heavy atom. The molecule has 0 aromatic heterocycles. The maximum atomic E-state index is 13.0. The summed E-state index contributed by atoms with van der Waals surface area (Å²) < 4.78 is 62.4. The van der Waals surface area contributed by atoms with Crippen LogP contribution >= 0.6 is 28.3 Å². The van der Waals surface area contributed by atoms with Gasteiger partial charge >= 0.3 is 12.1 Å². The lowest BCUT2D eigenvalue weighted by Gasteiger charge is -2.25. The van der Waals surface area contributed by atoms with E-state index in [-0.39, 0.29) is 16.9 Å². The lowest BCUT2D eigenvalue weighted by molar-refractivity contribution is -0.385. The molecule has 20 heavy (non-hydrogen) atoms. The highest BCUT2D eigenvalue weighted by Crippen LogP contribution is 2.44. The van der Waals surface area contributed by atoms with Crippen molar-refractivity contribution >= 4 is 34.0 Å². The zero-order valence-corrected chi connectivity index (χ0v) is 11.7. The highest BCUT2D eigenvalue weighted by molar-refractivity contribution is 9.10. The molecule has 0 bridgehead atoms. The van der Waals surface area contributed by atoms with Gasteiger partial charge in [0, 0.05) is 6.07 Å². The highest BCUT2D eigenvalue weighted by atomic mass is 79.9. The quantitative estimate of drug-likeness (QED) is 0.486. The molecule has 0 aliphatic carbocycles. The number of hydrogen-bond acceptors (Lipinski definition) is 3. The van der Waals surface area contributed by atoms with Crippen LogP contribution < -0.4 is 5.73 Å². The monoisotopic (exact) mass is 384 g/mol. The zero-order valence-electron chi connectivity index (χ0n) is 9.33. The first-order valence-electron chi connectivity index (χ1n) is 4.62. The van der Waals surface area contributed by atoms with E-state index in [2.05, 4.69) is 15.9 Å². The Labute approximate surface area is 123 Å². The minimum Gasteiger partial charge on any atom is -0.319 e. The second-order valence-corrected chi connectivity index (χ2v) is 4.42. The summed E-state index contributed by atoms with van der Waals surface area (Å²) in [5, 5.41) is 10.6. The summed E-state index contributed by atoms with van der Waals surface area (Å²) in [5.74, 6) is -5.19. The molecule has 2 N–H and O–H groups in total. The number of nitro groups is 1. The first-order chi connectivity index (χ1) is 8.48. The van der Waals surface area contributed by atoms with Crippen LogP contribution in [0.15, 0.2) is 22.7 Å². The second-order valence-electron chi connectivity index (χ2n) is 3.57. The molecule has 1 aromatic carbocycles. The van der Waals surface area contributed by atoms with E-state index in [9.17, 15) is 32.1 Å². The number of nitrogens with two attached hydrogens (primary N) is 1. The predicted molar refractivity (Wildman–Crippen MR) is 66.0 cm³/mol. The van der Waals surface area contributed by atoms with Gasteiger partial charge in [-0.25, -0.2) is 0 Å². The average Bonchev–Trinajstić information content (AvgIpc) is 2.26. The Balaban J connectivity index is 0.00000361. The number of nitro benzene ring substituents is 1. The topological polar surface area (TPSA) is 69.2 Å². The number of hydrogen-bond donors (Lipinski definition) is 1. The van der Waals surface area contributed by atoms with Gasteiger partial charge in [0.2, 0.25) is 0 Å². The highest BCUT2D eigenvalue weighted by Gasteiger charge is 2.61. The molecule has 0 radical (unpaired) electrons. The average molecular weight is 386 g/mol. The van der Waals surface area contributed by atoms with Gasteiger partial charge in [-0.1, -0.05) is 6.07 Å². The molecule has 0 unspecified atom stereocenters. The van der Waals surface area contributed by atoms with Gasteiger partial charge in [-0.3, -0.25) is 10.1 Å². The standard InChI is InChI=1S/C9H6BrF5N2O2.ClH/c10-5-2-1-4(3-6(5)17(18)19)7(16)8(11,12)9(13,14)15;/h1-3,7H,16H2;1H/t7-;/m1./s1. The van der Waals surface area contributed by atoms with Crippen LogP contribution in [0.4, 0.5) is 27.6 Å². The molecule has 1 aromatic rings. The van der Waals surface area contributed by atoms with Crippen LogP contribution in [0.3, 0.4) is 0 Å². The number of rotatable bonds is 3. The Kier molecular flexibility index (Phi) is 5.88. The van der Waals surface area contributed by atoms with E-state index >= 15 is 0 Å². The summed E-state index contributed by atoms with van der Waals surface area (Å²) in [6.45, 7) is 0. The fourth-order valence-corrected chi connectivity index (χ4v) is 1.64.